The van der Waals surface area contributed by atoms with Crippen LogP contribution in [0.5, 0.6) is 0 Å². The summed E-state index contributed by atoms with van der Waals surface area (Å²) in [5.74, 6) is 0.0351. The molecule has 0 aliphatic carbocycles. The van der Waals surface area contributed by atoms with E-state index in [1.54, 1.807) is 42.5 Å². The zero-order valence-corrected chi connectivity index (χ0v) is 15.0. The molecule has 3 aromatic rings. The highest BCUT2D eigenvalue weighted by molar-refractivity contribution is 6.36. The van der Waals surface area contributed by atoms with Crippen molar-refractivity contribution in [2.75, 3.05) is 10.6 Å². The Kier molecular flexibility index (Phi) is 5.71. The minimum Gasteiger partial charge on any atom is -0.339 e. The van der Waals surface area contributed by atoms with Gasteiger partial charge in [0.2, 0.25) is 5.91 Å². The van der Waals surface area contributed by atoms with E-state index in [9.17, 15) is 9.18 Å². The Morgan fingerprint density at radius 1 is 1.04 bits per heavy atom. The number of halogens is 3. The van der Waals surface area contributed by atoms with Crippen molar-refractivity contribution in [3.05, 3.63) is 82.2 Å². The molecule has 2 N–H and O–H groups in total. The number of hydrogen-bond donors (Lipinski definition) is 2. The van der Waals surface area contributed by atoms with E-state index in [0.717, 1.165) is 5.56 Å². The van der Waals surface area contributed by atoms with Crippen molar-refractivity contribution in [1.29, 1.82) is 0 Å². The number of nitrogens with zero attached hydrogens (tertiary/aromatic N) is 1. The van der Waals surface area contributed by atoms with Crippen LogP contribution in [0.1, 0.15) is 5.56 Å². The minimum atomic E-state index is -0.331. The fraction of sp³-hybridized carbons (Fsp3) is 0.0526. The highest BCUT2D eigenvalue weighted by Gasteiger charge is 2.06. The molecule has 0 unspecified atom stereocenters. The van der Waals surface area contributed by atoms with Crippen molar-refractivity contribution in [1.82, 2.24) is 4.98 Å². The maximum Gasteiger partial charge on any atom is 0.228 e. The Morgan fingerprint density at radius 3 is 2.46 bits per heavy atom. The fourth-order valence-corrected chi connectivity index (χ4v) is 2.72. The summed E-state index contributed by atoms with van der Waals surface area (Å²) in [6.45, 7) is 0. The van der Waals surface area contributed by atoms with Gasteiger partial charge in [-0.05, 0) is 48.0 Å². The number of benzene rings is 2. The Bertz CT molecular complexity index is 915. The zero-order chi connectivity index (χ0) is 18.5. The molecule has 132 valence electrons. The molecule has 0 saturated heterocycles. The molecule has 0 spiro atoms. The maximum absolute atomic E-state index is 12.9. The number of aromatic nitrogens is 1. The van der Waals surface area contributed by atoms with Gasteiger partial charge in [0.15, 0.2) is 0 Å². The quantitative estimate of drug-likeness (QED) is 0.609. The van der Waals surface area contributed by atoms with Gasteiger partial charge in [0.05, 0.1) is 29.0 Å². The second-order valence-corrected chi connectivity index (χ2v) is 6.38. The number of pyridine rings is 1. The molecular weight excluding hydrogens is 376 g/mol. The second-order valence-electron chi connectivity index (χ2n) is 5.53. The van der Waals surface area contributed by atoms with E-state index in [2.05, 4.69) is 15.6 Å². The number of nitrogens with one attached hydrogen (secondary N) is 2. The van der Waals surface area contributed by atoms with Gasteiger partial charge in [0.25, 0.3) is 0 Å². The van der Waals surface area contributed by atoms with Crippen LogP contribution in [-0.2, 0) is 11.2 Å². The molecule has 0 fully saturated rings. The van der Waals surface area contributed by atoms with Crippen LogP contribution in [0.3, 0.4) is 0 Å². The Balaban J connectivity index is 1.60. The van der Waals surface area contributed by atoms with Crippen molar-refractivity contribution in [3.8, 4) is 0 Å². The number of anilines is 3. The summed E-state index contributed by atoms with van der Waals surface area (Å²) in [4.78, 5) is 16.3. The lowest BCUT2D eigenvalue weighted by molar-refractivity contribution is -0.115. The number of carbonyl (C=O) groups excluding carboxylic acids is 1. The molecule has 0 aliphatic heterocycles. The molecule has 7 heteroatoms. The lowest BCUT2D eigenvalue weighted by Gasteiger charge is -2.09. The van der Waals surface area contributed by atoms with Gasteiger partial charge in [0.1, 0.15) is 11.6 Å². The van der Waals surface area contributed by atoms with Gasteiger partial charge < -0.3 is 10.6 Å². The molecule has 1 aromatic heterocycles. The van der Waals surface area contributed by atoms with Crippen molar-refractivity contribution in [2.45, 2.75) is 6.42 Å². The Morgan fingerprint density at radius 2 is 1.81 bits per heavy atom. The van der Waals surface area contributed by atoms with Crippen molar-refractivity contribution in [3.63, 3.8) is 0 Å². The smallest absolute Gasteiger partial charge is 0.228 e. The van der Waals surface area contributed by atoms with E-state index in [1.807, 2.05) is 0 Å². The van der Waals surface area contributed by atoms with Gasteiger partial charge in [-0.1, -0.05) is 35.3 Å². The van der Waals surface area contributed by atoms with Crippen LogP contribution in [0.25, 0.3) is 0 Å². The molecule has 1 heterocycles. The summed E-state index contributed by atoms with van der Waals surface area (Å²) in [7, 11) is 0. The number of carbonyl (C=O) groups is 1. The highest BCUT2D eigenvalue weighted by atomic mass is 35.5. The summed E-state index contributed by atoms with van der Waals surface area (Å²) in [5.41, 5.74) is 1.97. The third kappa shape index (κ3) is 4.94. The van der Waals surface area contributed by atoms with Crippen molar-refractivity contribution < 1.29 is 9.18 Å². The highest BCUT2D eigenvalue weighted by Crippen LogP contribution is 2.27. The van der Waals surface area contributed by atoms with Crippen LogP contribution >= 0.6 is 23.2 Å². The predicted octanol–water partition coefficient (Wildman–Crippen LogP) is 5.45. The molecule has 2 aromatic carbocycles. The lowest BCUT2D eigenvalue weighted by Crippen LogP contribution is -2.14. The van der Waals surface area contributed by atoms with Gasteiger partial charge in [-0.3, -0.25) is 4.79 Å². The van der Waals surface area contributed by atoms with Crippen LogP contribution in [0.15, 0.2) is 60.8 Å². The normalized spacial score (nSPS) is 10.4. The van der Waals surface area contributed by atoms with Gasteiger partial charge >= 0.3 is 0 Å². The van der Waals surface area contributed by atoms with Gasteiger partial charge in [-0.25, -0.2) is 9.37 Å². The SMILES string of the molecule is O=C(Cc1ccc(F)cc1)Nc1ccc(Nc2ccc(Cl)cc2Cl)nc1. The molecule has 26 heavy (non-hydrogen) atoms. The molecular formula is C19H14Cl2FN3O. The molecule has 1 amide bonds. The van der Waals surface area contributed by atoms with E-state index in [-0.39, 0.29) is 18.1 Å². The van der Waals surface area contributed by atoms with Crippen LogP contribution in [-0.4, -0.2) is 10.9 Å². The first-order valence-electron chi connectivity index (χ1n) is 7.72. The monoisotopic (exact) mass is 389 g/mol. The molecule has 0 radical (unpaired) electrons. The molecule has 0 atom stereocenters. The first kappa shape index (κ1) is 18.2. The molecule has 0 aliphatic rings. The summed E-state index contributed by atoms with van der Waals surface area (Å²) in [5, 5.41) is 6.85. The third-order valence-corrected chi connectivity index (χ3v) is 4.07. The van der Waals surface area contributed by atoms with Crippen LogP contribution in [0.2, 0.25) is 10.0 Å². The van der Waals surface area contributed by atoms with E-state index in [0.29, 0.717) is 27.2 Å². The minimum absolute atomic E-state index is 0.153. The first-order chi connectivity index (χ1) is 12.5. The second kappa shape index (κ2) is 8.17. The summed E-state index contributed by atoms with van der Waals surface area (Å²) < 4.78 is 12.9. The molecule has 0 saturated carbocycles. The number of rotatable bonds is 5. The first-order valence-corrected chi connectivity index (χ1v) is 8.47. The van der Waals surface area contributed by atoms with E-state index >= 15 is 0 Å². The average molecular weight is 390 g/mol. The predicted molar refractivity (Wildman–Crippen MR) is 103 cm³/mol. The summed E-state index contributed by atoms with van der Waals surface area (Å²) >= 11 is 12.0. The number of hydrogen-bond acceptors (Lipinski definition) is 3. The Labute approximate surface area is 160 Å². The topological polar surface area (TPSA) is 54.0 Å². The maximum atomic E-state index is 12.9. The fourth-order valence-electron chi connectivity index (χ4n) is 2.26. The van der Waals surface area contributed by atoms with E-state index in [1.165, 1.54) is 18.3 Å². The van der Waals surface area contributed by atoms with Crippen molar-refractivity contribution in [2.24, 2.45) is 0 Å². The van der Waals surface area contributed by atoms with Crippen LogP contribution in [0, 0.1) is 5.82 Å². The largest absolute Gasteiger partial charge is 0.339 e. The average Bonchev–Trinajstić information content (AvgIpc) is 2.61. The number of amides is 1. The zero-order valence-electron chi connectivity index (χ0n) is 13.5. The van der Waals surface area contributed by atoms with Crippen LogP contribution < -0.4 is 10.6 Å². The lowest BCUT2D eigenvalue weighted by atomic mass is 10.1. The molecule has 3 rings (SSSR count). The van der Waals surface area contributed by atoms with E-state index < -0.39 is 0 Å². The molecule has 4 nitrogen and oxygen atoms in total. The van der Waals surface area contributed by atoms with E-state index in [4.69, 9.17) is 23.2 Å². The third-order valence-electron chi connectivity index (χ3n) is 3.52. The van der Waals surface area contributed by atoms with Crippen LogP contribution in [0.4, 0.5) is 21.6 Å². The Hall–Kier alpha value is -2.63. The summed E-state index contributed by atoms with van der Waals surface area (Å²) in [6.07, 6.45) is 1.69. The summed E-state index contributed by atoms with van der Waals surface area (Å²) in [6, 6.07) is 14.4. The standard InChI is InChI=1S/C19H14Cl2FN3O/c20-13-3-7-17(16(21)10-13)25-18-8-6-15(11-23-18)24-19(26)9-12-1-4-14(22)5-2-12/h1-8,10-11H,9H2,(H,23,25)(H,24,26). The van der Waals surface area contributed by atoms with Gasteiger partial charge in [-0.15, -0.1) is 0 Å². The molecule has 0 bridgehead atoms. The van der Waals surface area contributed by atoms with Gasteiger partial charge in [-0.2, -0.15) is 0 Å². The van der Waals surface area contributed by atoms with Crippen molar-refractivity contribution >= 4 is 46.3 Å². The van der Waals surface area contributed by atoms with Gasteiger partial charge in [0, 0.05) is 5.02 Å².